The number of ether oxygens (including phenoxy) is 1. The fourth-order valence-corrected chi connectivity index (χ4v) is 2.53. The summed E-state index contributed by atoms with van der Waals surface area (Å²) in [5, 5.41) is 3.55. The summed E-state index contributed by atoms with van der Waals surface area (Å²) in [5.41, 5.74) is 4.31. The summed E-state index contributed by atoms with van der Waals surface area (Å²) in [7, 11) is 0. The lowest BCUT2D eigenvalue weighted by Crippen LogP contribution is -2.21. The Kier molecular flexibility index (Phi) is 4.20. The molecular weight excluding hydrogens is 306 g/mol. The Balaban J connectivity index is 1.73. The van der Waals surface area contributed by atoms with Crippen molar-refractivity contribution in [1.82, 2.24) is 9.97 Å². The van der Waals surface area contributed by atoms with E-state index in [-0.39, 0.29) is 12.5 Å². The monoisotopic (exact) mass is 325 g/mol. The van der Waals surface area contributed by atoms with E-state index >= 15 is 0 Å². The zero-order chi connectivity index (χ0) is 17.3. The summed E-state index contributed by atoms with van der Waals surface area (Å²) >= 11 is 0. The van der Waals surface area contributed by atoms with Crippen molar-refractivity contribution in [2.45, 2.75) is 27.7 Å². The first-order chi connectivity index (χ1) is 11.5. The molecule has 0 saturated carbocycles. The number of hydrogen-bond acceptors (Lipinski definition) is 5. The number of carbonyl (C=O) groups excluding carboxylic acids is 1. The minimum atomic E-state index is -0.244. The van der Waals surface area contributed by atoms with Gasteiger partial charge in [0.15, 0.2) is 6.61 Å². The topological polar surface area (TPSA) is 77.2 Å². The third-order valence-corrected chi connectivity index (χ3v) is 3.93. The molecule has 1 amide bonds. The van der Waals surface area contributed by atoms with Crippen molar-refractivity contribution in [1.29, 1.82) is 0 Å². The highest BCUT2D eigenvalue weighted by molar-refractivity contribution is 5.93. The van der Waals surface area contributed by atoms with Gasteiger partial charge in [0.2, 0.25) is 11.6 Å². The van der Waals surface area contributed by atoms with Crippen LogP contribution in [0.3, 0.4) is 0 Å². The second kappa shape index (κ2) is 6.31. The van der Waals surface area contributed by atoms with Crippen molar-refractivity contribution < 1.29 is 13.9 Å². The average molecular weight is 325 g/mol. The average Bonchev–Trinajstić information content (AvgIpc) is 2.83. The zero-order valence-corrected chi connectivity index (χ0v) is 14.1. The van der Waals surface area contributed by atoms with Crippen LogP contribution in [-0.2, 0) is 4.79 Å². The first-order valence-corrected chi connectivity index (χ1v) is 7.66. The van der Waals surface area contributed by atoms with E-state index in [0.717, 1.165) is 28.1 Å². The summed E-state index contributed by atoms with van der Waals surface area (Å²) in [6.45, 7) is 7.59. The summed E-state index contributed by atoms with van der Waals surface area (Å²) in [4.78, 5) is 20.3. The third kappa shape index (κ3) is 3.08. The molecule has 6 heteroatoms. The molecule has 0 radical (unpaired) electrons. The van der Waals surface area contributed by atoms with Crippen molar-refractivity contribution in [2.75, 3.05) is 11.9 Å². The van der Waals surface area contributed by atoms with Crippen LogP contribution in [0, 0.1) is 27.7 Å². The molecule has 124 valence electrons. The summed E-state index contributed by atoms with van der Waals surface area (Å²) in [6.07, 6.45) is 1.36. The van der Waals surface area contributed by atoms with Crippen molar-refractivity contribution in [3.8, 4) is 5.88 Å². The lowest BCUT2D eigenvalue weighted by Gasteiger charge is -2.10. The smallest absolute Gasteiger partial charge is 0.262 e. The molecule has 0 bridgehead atoms. The summed E-state index contributed by atoms with van der Waals surface area (Å²) < 4.78 is 11.1. The molecule has 2 heterocycles. The largest absolute Gasteiger partial charge is 0.467 e. The molecule has 0 aliphatic carbocycles. The number of nitrogens with zero attached hydrogens (tertiary/aromatic N) is 2. The maximum Gasteiger partial charge on any atom is 0.262 e. The highest BCUT2D eigenvalue weighted by Gasteiger charge is 2.16. The quantitative estimate of drug-likeness (QED) is 0.794. The molecular formula is C18H19N3O3. The first-order valence-electron chi connectivity index (χ1n) is 7.66. The maximum absolute atomic E-state index is 12.1. The number of fused-ring (bicyclic) bond motifs is 1. The van der Waals surface area contributed by atoms with E-state index in [4.69, 9.17) is 9.15 Å². The van der Waals surface area contributed by atoms with Crippen LogP contribution in [0.1, 0.15) is 22.5 Å². The van der Waals surface area contributed by atoms with Gasteiger partial charge >= 0.3 is 0 Å². The number of rotatable bonds is 4. The van der Waals surface area contributed by atoms with Gasteiger partial charge in [-0.15, -0.1) is 0 Å². The molecule has 3 aromatic rings. The number of furan rings is 1. The van der Waals surface area contributed by atoms with Crippen LogP contribution < -0.4 is 10.1 Å². The highest BCUT2D eigenvalue weighted by Crippen LogP contribution is 2.29. The highest BCUT2D eigenvalue weighted by atomic mass is 16.5. The van der Waals surface area contributed by atoms with Gasteiger partial charge in [-0.3, -0.25) is 4.79 Å². The van der Waals surface area contributed by atoms with Gasteiger partial charge in [0, 0.05) is 11.3 Å². The Morgan fingerprint density at radius 2 is 2.00 bits per heavy atom. The van der Waals surface area contributed by atoms with Crippen LogP contribution >= 0.6 is 0 Å². The number of hydrogen-bond donors (Lipinski definition) is 1. The van der Waals surface area contributed by atoms with Gasteiger partial charge in [-0.05, 0) is 39.3 Å². The van der Waals surface area contributed by atoms with E-state index in [1.54, 1.807) is 0 Å². The molecule has 1 aromatic carbocycles. The number of aryl methyl sites for hydroxylation is 4. The molecule has 1 N–H and O–H groups in total. The predicted molar refractivity (Wildman–Crippen MR) is 91.3 cm³/mol. The molecule has 0 saturated heterocycles. The second-order valence-corrected chi connectivity index (χ2v) is 5.80. The van der Waals surface area contributed by atoms with Crippen LogP contribution in [0.15, 0.2) is 28.9 Å². The van der Waals surface area contributed by atoms with Crippen LogP contribution in [0.25, 0.3) is 11.1 Å². The van der Waals surface area contributed by atoms with E-state index in [1.165, 1.54) is 6.33 Å². The van der Waals surface area contributed by atoms with Gasteiger partial charge in [0.05, 0.1) is 0 Å². The van der Waals surface area contributed by atoms with E-state index < -0.39 is 0 Å². The zero-order valence-electron chi connectivity index (χ0n) is 14.1. The Bertz CT molecular complexity index is 915. The molecule has 24 heavy (non-hydrogen) atoms. The van der Waals surface area contributed by atoms with Crippen molar-refractivity contribution in [3.05, 3.63) is 47.0 Å². The number of nitrogens with one attached hydrogen (secondary N) is 1. The Morgan fingerprint density at radius 1 is 1.21 bits per heavy atom. The fraction of sp³-hybridized carbons (Fsp3) is 0.278. The molecule has 6 nitrogen and oxygen atoms in total. The van der Waals surface area contributed by atoms with Gasteiger partial charge in [0.1, 0.15) is 17.5 Å². The van der Waals surface area contributed by atoms with Gasteiger partial charge in [-0.25, -0.2) is 9.97 Å². The van der Waals surface area contributed by atoms with Crippen LogP contribution in [0.5, 0.6) is 5.88 Å². The van der Waals surface area contributed by atoms with Crippen molar-refractivity contribution in [2.24, 2.45) is 0 Å². The maximum atomic E-state index is 12.1. The van der Waals surface area contributed by atoms with Gasteiger partial charge in [-0.2, -0.15) is 0 Å². The lowest BCUT2D eigenvalue weighted by molar-refractivity contribution is -0.118. The van der Waals surface area contributed by atoms with Gasteiger partial charge in [0.25, 0.3) is 5.91 Å². The SMILES string of the molecule is Cc1ccc(NC(=O)COc2ncnc3oc(C)c(C)c23)c(C)c1. The van der Waals surface area contributed by atoms with Gasteiger partial charge < -0.3 is 14.5 Å². The van der Waals surface area contributed by atoms with Crippen molar-refractivity contribution >= 4 is 22.7 Å². The molecule has 3 rings (SSSR count). The first kappa shape index (κ1) is 16.0. The van der Waals surface area contributed by atoms with E-state index in [2.05, 4.69) is 15.3 Å². The Labute approximate surface area is 139 Å². The third-order valence-electron chi connectivity index (χ3n) is 3.93. The molecule has 0 unspecified atom stereocenters. The Hall–Kier alpha value is -2.89. The minimum absolute atomic E-state index is 0.136. The van der Waals surface area contributed by atoms with E-state index in [9.17, 15) is 4.79 Å². The number of benzene rings is 1. The van der Waals surface area contributed by atoms with E-state index in [0.29, 0.717) is 17.0 Å². The molecule has 0 spiro atoms. The molecule has 0 aliphatic rings. The van der Waals surface area contributed by atoms with Crippen LogP contribution in [0.2, 0.25) is 0 Å². The molecule has 0 fully saturated rings. The predicted octanol–water partition coefficient (Wildman–Crippen LogP) is 3.47. The minimum Gasteiger partial charge on any atom is -0.467 e. The standard InChI is InChI=1S/C18H19N3O3/c1-10-5-6-14(11(2)7-10)21-15(22)8-23-17-16-12(3)13(4)24-18(16)20-9-19-17/h5-7,9H,8H2,1-4H3,(H,21,22). The number of amides is 1. The molecule has 2 aromatic heterocycles. The normalized spacial score (nSPS) is 10.8. The fourth-order valence-electron chi connectivity index (χ4n) is 2.53. The number of carbonyl (C=O) groups is 1. The summed E-state index contributed by atoms with van der Waals surface area (Å²) in [5.74, 6) is 0.867. The Morgan fingerprint density at radius 3 is 2.75 bits per heavy atom. The van der Waals surface area contributed by atoms with Crippen LogP contribution in [-0.4, -0.2) is 22.5 Å². The van der Waals surface area contributed by atoms with E-state index in [1.807, 2.05) is 45.9 Å². The number of anilines is 1. The molecule has 0 aliphatic heterocycles. The lowest BCUT2D eigenvalue weighted by atomic mass is 10.1. The number of aromatic nitrogens is 2. The summed E-state index contributed by atoms with van der Waals surface area (Å²) in [6, 6.07) is 5.85. The van der Waals surface area contributed by atoms with Crippen LogP contribution in [0.4, 0.5) is 5.69 Å². The second-order valence-electron chi connectivity index (χ2n) is 5.80. The van der Waals surface area contributed by atoms with Gasteiger partial charge in [-0.1, -0.05) is 17.7 Å². The molecule has 0 atom stereocenters. The van der Waals surface area contributed by atoms with Crippen molar-refractivity contribution in [3.63, 3.8) is 0 Å².